The number of furan rings is 1. The summed E-state index contributed by atoms with van der Waals surface area (Å²) >= 11 is 3.08. The quantitative estimate of drug-likeness (QED) is 0.787. The molecular weight excluding hydrogens is 356 g/mol. The van der Waals surface area contributed by atoms with Crippen LogP contribution in [0.2, 0.25) is 0 Å². The lowest BCUT2D eigenvalue weighted by Gasteiger charge is -2.20. The lowest BCUT2D eigenvalue weighted by atomic mass is 10.3. The van der Waals surface area contributed by atoms with Crippen LogP contribution in [0, 0.1) is 0 Å². The third-order valence-corrected chi connectivity index (χ3v) is 3.69. The second-order valence-electron chi connectivity index (χ2n) is 4.95. The van der Waals surface area contributed by atoms with Crippen LogP contribution in [0.25, 0.3) is 0 Å². The number of amides is 2. The molecule has 8 heteroatoms. The first-order chi connectivity index (χ1) is 10.5. The Balaban J connectivity index is 1.75. The van der Waals surface area contributed by atoms with Gasteiger partial charge >= 0.3 is 5.97 Å². The van der Waals surface area contributed by atoms with E-state index < -0.39 is 18.0 Å². The molecule has 1 aromatic heterocycles. The zero-order valence-corrected chi connectivity index (χ0v) is 13.7. The van der Waals surface area contributed by atoms with Crippen LogP contribution in [-0.4, -0.2) is 48.4 Å². The highest BCUT2D eigenvalue weighted by atomic mass is 79.9. The van der Waals surface area contributed by atoms with Crippen molar-refractivity contribution >= 4 is 33.7 Å². The van der Waals surface area contributed by atoms with Crippen LogP contribution >= 0.6 is 15.9 Å². The second-order valence-corrected chi connectivity index (χ2v) is 5.73. The molecule has 0 spiro atoms. The van der Waals surface area contributed by atoms with Crippen LogP contribution < -0.4 is 5.32 Å². The number of carbonyl (C=O) groups excluding carboxylic acids is 3. The summed E-state index contributed by atoms with van der Waals surface area (Å²) in [5.41, 5.74) is 0. The lowest BCUT2D eigenvalue weighted by molar-refractivity contribution is -0.157. The van der Waals surface area contributed by atoms with Gasteiger partial charge in [0.1, 0.15) is 6.54 Å². The van der Waals surface area contributed by atoms with E-state index in [4.69, 9.17) is 9.15 Å². The summed E-state index contributed by atoms with van der Waals surface area (Å²) in [5.74, 6) is -1.31. The van der Waals surface area contributed by atoms with Crippen LogP contribution in [-0.2, 0) is 14.3 Å². The molecule has 120 valence electrons. The fourth-order valence-corrected chi connectivity index (χ4v) is 2.47. The molecular formula is C14H17BrN2O5. The number of hydrogen-bond acceptors (Lipinski definition) is 5. The topological polar surface area (TPSA) is 88.8 Å². The van der Waals surface area contributed by atoms with Crippen molar-refractivity contribution in [1.82, 2.24) is 10.2 Å². The van der Waals surface area contributed by atoms with Gasteiger partial charge in [-0.25, -0.2) is 0 Å². The minimum Gasteiger partial charge on any atom is -0.451 e. The molecule has 1 aromatic rings. The molecule has 1 N–H and O–H groups in total. The van der Waals surface area contributed by atoms with Gasteiger partial charge in [-0.3, -0.25) is 14.4 Å². The van der Waals surface area contributed by atoms with Crippen molar-refractivity contribution < 1.29 is 23.5 Å². The average Bonchev–Trinajstić information content (AvgIpc) is 3.15. The summed E-state index contributed by atoms with van der Waals surface area (Å²) in [7, 11) is 0. The zero-order chi connectivity index (χ0) is 16.1. The zero-order valence-electron chi connectivity index (χ0n) is 12.1. The van der Waals surface area contributed by atoms with Gasteiger partial charge in [0.25, 0.3) is 11.8 Å². The molecule has 1 atom stereocenters. The molecule has 1 aliphatic heterocycles. The van der Waals surface area contributed by atoms with E-state index in [-0.39, 0.29) is 18.2 Å². The molecule has 7 nitrogen and oxygen atoms in total. The van der Waals surface area contributed by atoms with E-state index in [9.17, 15) is 14.4 Å². The predicted molar refractivity (Wildman–Crippen MR) is 80.1 cm³/mol. The summed E-state index contributed by atoms with van der Waals surface area (Å²) < 4.78 is 10.5. The number of rotatable bonds is 5. The Labute approximate surface area is 136 Å². The minimum atomic E-state index is -0.847. The molecule has 0 saturated carbocycles. The largest absolute Gasteiger partial charge is 0.451 e. The fraction of sp³-hybridized carbons (Fsp3) is 0.500. The van der Waals surface area contributed by atoms with Gasteiger partial charge in [0.05, 0.1) is 0 Å². The maximum absolute atomic E-state index is 12.0. The minimum absolute atomic E-state index is 0.0841. The van der Waals surface area contributed by atoms with Gasteiger partial charge in [-0.15, -0.1) is 0 Å². The number of nitrogens with one attached hydrogen (secondary N) is 1. The van der Waals surface area contributed by atoms with Gasteiger partial charge in [-0.1, -0.05) is 0 Å². The number of likely N-dealkylation sites (tertiary alicyclic amines) is 1. The maximum atomic E-state index is 12.0. The molecule has 1 saturated heterocycles. The third-order valence-electron chi connectivity index (χ3n) is 3.26. The van der Waals surface area contributed by atoms with Gasteiger partial charge < -0.3 is 19.4 Å². The number of halogens is 1. The summed E-state index contributed by atoms with van der Waals surface area (Å²) in [5, 5.41) is 2.37. The normalized spacial score (nSPS) is 15.5. The summed E-state index contributed by atoms with van der Waals surface area (Å²) in [6.45, 7) is 2.61. The number of ether oxygens (including phenoxy) is 1. The standard InChI is InChI=1S/C14H17BrN2O5/c1-9(14(20)17-6-2-3-7-17)21-12(18)8-16-13(19)10-4-5-11(15)22-10/h4-5,9H,2-3,6-8H2,1H3,(H,16,19)/t9-/m0/s1. The highest BCUT2D eigenvalue weighted by molar-refractivity contribution is 9.10. The van der Waals surface area contributed by atoms with E-state index in [1.165, 1.54) is 13.0 Å². The molecule has 1 fully saturated rings. The monoisotopic (exact) mass is 372 g/mol. The predicted octanol–water partition coefficient (Wildman–Crippen LogP) is 1.33. The first-order valence-electron chi connectivity index (χ1n) is 6.99. The molecule has 0 radical (unpaired) electrons. The second kappa shape index (κ2) is 7.44. The van der Waals surface area contributed by atoms with Crippen molar-refractivity contribution in [2.75, 3.05) is 19.6 Å². The first-order valence-corrected chi connectivity index (χ1v) is 7.78. The molecule has 0 aromatic carbocycles. The van der Waals surface area contributed by atoms with E-state index in [1.807, 2.05) is 0 Å². The number of carbonyl (C=O) groups is 3. The Hall–Kier alpha value is -1.83. The van der Waals surface area contributed by atoms with Crippen molar-refractivity contribution in [3.8, 4) is 0 Å². The van der Waals surface area contributed by atoms with E-state index in [0.29, 0.717) is 17.8 Å². The van der Waals surface area contributed by atoms with Gasteiger partial charge in [0.2, 0.25) is 0 Å². The maximum Gasteiger partial charge on any atom is 0.326 e. The highest BCUT2D eigenvalue weighted by Crippen LogP contribution is 2.13. The van der Waals surface area contributed by atoms with Crippen LogP contribution in [0.5, 0.6) is 0 Å². The van der Waals surface area contributed by atoms with Crippen LogP contribution in [0.15, 0.2) is 21.2 Å². The fourth-order valence-electron chi connectivity index (χ4n) is 2.16. The molecule has 2 amide bonds. The van der Waals surface area contributed by atoms with E-state index in [0.717, 1.165) is 12.8 Å². The molecule has 0 aliphatic carbocycles. The van der Waals surface area contributed by atoms with Gasteiger partial charge in [0, 0.05) is 13.1 Å². The van der Waals surface area contributed by atoms with Crippen molar-refractivity contribution in [3.05, 3.63) is 22.6 Å². The Morgan fingerprint density at radius 2 is 2.05 bits per heavy atom. The molecule has 22 heavy (non-hydrogen) atoms. The van der Waals surface area contributed by atoms with Gasteiger partial charge in [-0.05, 0) is 47.8 Å². The van der Waals surface area contributed by atoms with Crippen LogP contribution in [0.4, 0.5) is 0 Å². The molecule has 0 bridgehead atoms. The number of nitrogens with zero attached hydrogens (tertiary/aromatic N) is 1. The highest BCUT2D eigenvalue weighted by Gasteiger charge is 2.26. The van der Waals surface area contributed by atoms with Crippen LogP contribution in [0.1, 0.15) is 30.3 Å². The first kappa shape index (κ1) is 16.5. The SMILES string of the molecule is C[C@H](OC(=O)CNC(=O)c1ccc(Br)o1)C(=O)N1CCCC1. The molecule has 0 unspecified atom stereocenters. The molecule has 2 heterocycles. The summed E-state index contributed by atoms with van der Waals surface area (Å²) in [6, 6.07) is 3.05. The Bertz CT molecular complexity index is 565. The third kappa shape index (κ3) is 4.33. The van der Waals surface area contributed by atoms with Crippen molar-refractivity contribution in [2.24, 2.45) is 0 Å². The van der Waals surface area contributed by atoms with Crippen molar-refractivity contribution in [1.29, 1.82) is 0 Å². The Morgan fingerprint density at radius 3 is 2.64 bits per heavy atom. The Morgan fingerprint density at radius 1 is 1.36 bits per heavy atom. The van der Waals surface area contributed by atoms with E-state index in [1.54, 1.807) is 11.0 Å². The molecule has 2 rings (SSSR count). The molecule has 1 aliphatic rings. The van der Waals surface area contributed by atoms with Gasteiger partial charge in [0.15, 0.2) is 16.5 Å². The number of esters is 1. The van der Waals surface area contributed by atoms with E-state index >= 15 is 0 Å². The van der Waals surface area contributed by atoms with Crippen molar-refractivity contribution in [3.63, 3.8) is 0 Å². The smallest absolute Gasteiger partial charge is 0.326 e. The Kier molecular flexibility index (Phi) is 5.59. The number of hydrogen-bond donors (Lipinski definition) is 1. The van der Waals surface area contributed by atoms with E-state index in [2.05, 4.69) is 21.2 Å². The summed E-state index contributed by atoms with van der Waals surface area (Å²) in [6.07, 6.45) is 1.10. The average molecular weight is 373 g/mol. The lowest BCUT2D eigenvalue weighted by Crippen LogP contribution is -2.40. The van der Waals surface area contributed by atoms with Crippen LogP contribution in [0.3, 0.4) is 0 Å². The van der Waals surface area contributed by atoms with Gasteiger partial charge in [-0.2, -0.15) is 0 Å². The van der Waals surface area contributed by atoms with Crippen molar-refractivity contribution in [2.45, 2.75) is 25.9 Å². The summed E-state index contributed by atoms with van der Waals surface area (Å²) in [4.78, 5) is 37.0.